The quantitative estimate of drug-likeness (QED) is 0.431. The lowest BCUT2D eigenvalue weighted by molar-refractivity contribution is -0.142. The Kier molecular flexibility index (Phi) is 6.26. The van der Waals surface area contributed by atoms with Gasteiger partial charge in [0.1, 0.15) is 0 Å². The number of nitrogens with zero attached hydrogens (tertiary/aromatic N) is 4. The molecule has 0 amide bonds. The van der Waals surface area contributed by atoms with E-state index in [1.165, 1.54) is 23.4 Å². The van der Waals surface area contributed by atoms with Crippen LogP contribution < -0.4 is 11.2 Å². The van der Waals surface area contributed by atoms with Crippen LogP contribution in [0.4, 0.5) is 0 Å². The summed E-state index contributed by atoms with van der Waals surface area (Å²) in [5.41, 5.74) is 2.05. The van der Waals surface area contributed by atoms with Crippen LogP contribution in [-0.2, 0) is 30.2 Å². The average Bonchev–Trinajstić information content (AvgIpc) is 3.05. The molecular weight excluding hydrogens is 392 g/mol. The molecule has 9 heteroatoms. The Balaban J connectivity index is 2.06. The van der Waals surface area contributed by atoms with E-state index in [0.717, 1.165) is 15.7 Å². The Labute approximate surface area is 172 Å². The van der Waals surface area contributed by atoms with Crippen LogP contribution in [0.5, 0.6) is 0 Å². The van der Waals surface area contributed by atoms with E-state index in [9.17, 15) is 14.4 Å². The molecule has 1 aromatic carbocycles. The predicted molar refractivity (Wildman–Crippen MR) is 112 cm³/mol. The van der Waals surface area contributed by atoms with Crippen molar-refractivity contribution in [3.63, 3.8) is 0 Å². The van der Waals surface area contributed by atoms with Crippen LogP contribution in [0.3, 0.4) is 0 Å². The van der Waals surface area contributed by atoms with Crippen LogP contribution in [-0.4, -0.2) is 37.0 Å². The average molecular weight is 417 g/mol. The van der Waals surface area contributed by atoms with Gasteiger partial charge in [0.25, 0.3) is 5.56 Å². The number of carbonyl (C=O) groups is 1. The molecule has 0 unspecified atom stereocenters. The van der Waals surface area contributed by atoms with Gasteiger partial charge in [-0.25, -0.2) is 9.78 Å². The second-order valence-corrected chi connectivity index (χ2v) is 7.81. The maximum atomic E-state index is 12.9. The third kappa shape index (κ3) is 4.29. The molecule has 0 bridgehead atoms. The summed E-state index contributed by atoms with van der Waals surface area (Å²) in [6, 6.07) is 8.02. The number of esters is 1. The van der Waals surface area contributed by atoms with Crippen LogP contribution in [0.15, 0.2) is 39.0 Å². The number of fused-ring (bicyclic) bond motifs is 1. The van der Waals surface area contributed by atoms with Crippen LogP contribution >= 0.6 is 11.8 Å². The summed E-state index contributed by atoms with van der Waals surface area (Å²) in [7, 11) is 3.06. The highest BCUT2D eigenvalue weighted by Gasteiger charge is 2.20. The molecule has 3 aromatic rings. The minimum absolute atomic E-state index is 0.239. The first-order valence-electron chi connectivity index (χ1n) is 9.33. The number of aryl methyl sites for hydroxylation is 2. The molecule has 0 radical (unpaired) electrons. The third-order valence-electron chi connectivity index (χ3n) is 4.62. The summed E-state index contributed by atoms with van der Waals surface area (Å²) in [5.74, 6) is 0.189. The van der Waals surface area contributed by atoms with Gasteiger partial charge in [0.2, 0.25) is 0 Å². The Bertz CT molecular complexity index is 1160. The maximum Gasteiger partial charge on any atom is 0.332 e. The number of thioether (sulfide) groups is 1. The van der Waals surface area contributed by atoms with Gasteiger partial charge in [-0.1, -0.05) is 41.6 Å². The topological polar surface area (TPSA) is 88.1 Å². The summed E-state index contributed by atoms with van der Waals surface area (Å²) in [4.78, 5) is 41.4. The summed E-state index contributed by atoms with van der Waals surface area (Å²) < 4.78 is 9.24. The van der Waals surface area contributed by atoms with Gasteiger partial charge in [-0.3, -0.25) is 18.7 Å². The number of benzene rings is 1. The lowest BCUT2D eigenvalue weighted by atomic mass is 10.1. The highest BCUT2D eigenvalue weighted by Crippen LogP contribution is 2.24. The van der Waals surface area contributed by atoms with E-state index < -0.39 is 5.69 Å². The molecule has 0 saturated carbocycles. The maximum absolute atomic E-state index is 12.9. The number of imidazole rings is 1. The molecule has 3 rings (SSSR count). The zero-order chi connectivity index (χ0) is 21.1. The number of ether oxygens (including phenoxy) is 1. The van der Waals surface area contributed by atoms with Gasteiger partial charge in [0.15, 0.2) is 16.3 Å². The van der Waals surface area contributed by atoms with Gasteiger partial charge in [-0.2, -0.15) is 0 Å². The number of rotatable bonds is 7. The van der Waals surface area contributed by atoms with E-state index in [1.807, 2.05) is 35.8 Å². The zero-order valence-electron chi connectivity index (χ0n) is 17.0. The molecule has 0 saturated heterocycles. The van der Waals surface area contributed by atoms with Gasteiger partial charge >= 0.3 is 11.7 Å². The van der Waals surface area contributed by atoms with Crippen LogP contribution in [0, 0.1) is 6.92 Å². The first-order valence-corrected chi connectivity index (χ1v) is 10.3. The lowest BCUT2D eigenvalue weighted by Gasteiger charge is -2.10. The standard InChI is InChI=1S/C20H24N4O4S/c1-5-28-15(25)10-11-29-19-21-17-16(18(26)23(4)20(27)22(17)3)24(19)12-14-8-6-13(2)7-9-14/h6-9H,5,10-12H2,1-4H3. The van der Waals surface area contributed by atoms with Gasteiger partial charge in [-0.15, -0.1) is 0 Å². The minimum atomic E-state index is -0.425. The largest absolute Gasteiger partial charge is 0.466 e. The Morgan fingerprint density at radius 2 is 1.83 bits per heavy atom. The van der Waals surface area contributed by atoms with Gasteiger partial charge in [-0.05, 0) is 19.4 Å². The first kappa shape index (κ1) is 20.9. The summed E-state index contributed by atoms with van der Waals surface area (Å²) in [6.07, 6.45) is 0.239. The summed E-state index contributed by atoms with van der Waals surface area (Å²) in [5, 5.41) is 0.586. The monoisotopic (exact) mass is 416 g/mol. The predicted octanol–water partition coefficient (Wildman–Crippen LogP) is 1.84. The summed E-state index contributed by atoms with van der Waals surface area (Å²) in [6.45, 7) is 4.56. The molecule has 0 aliphatic carbocycles. The second-order valence-electron chi connectivity index (χ2n) is 6.75. The van der Waals surface area contributed by atoms with Crippen molar-refractivity contribution in [2.45, 2.75) is 32.0 Å². The molecule has 0 spiro atoms. The van der Waals surface area contributed by atoms with Crippen LogP contribution in [0.25, 0.3) is 11.2 Å². The van der Waals surface area contributed by atoms with Crippen LogP contribution in [0.2, 0.25) is 0 Å². The van der Waals surface area contributed by atoms with E-state index in [4.69, 9.17) is 4.74 Å². The Morgan fingerprint density at radius 3 is 2.48 bits per heavy atom. The molecule has 2 aromatic heterocycles. The SMILES string of the molecule is CCOC(=O)CCSc1nc2c(c(=O)n(C)c(=O)n2C)n1Cc1ccc(C)cc1. The smallest absolute Gasteiger partial charge is 0.332 e. The van der Waals surface area contributed by atoms with Crippen molar-refractivity contribution >= 4 is 28.9 Å². The number of hydrogen-bond acceptors (Lipinski definition) is 6. The molecule has 2 heterocycles. The fourth-order valence-electron chi connectivity index (χ4n) is 3.02. The van der Waals surface area contributed by atoms with E-state index >= 15 is 0 Å². The highest BCUT2D eigenvalue weighted by atomic mass is 32.2. The van der Waals surface area contributed by atoms with Crippen molar-refractivity contribution in [2.24, 2.45) is 14.1 Å². The molecule has 8 nitrogen and oxygen atoms in total. The Morgan fingerprint density at radius 1 is 1.14 bits per heavy atom. The molecule has 0 atom stereocenters. The second kappa shape index (κ2) is 8.69. The molecule has 29 heavy (non-hydrogen) atoms. The lowest BCUT2D eigenvalue weighted by Crippen LogP contribution is -2.37. The summed E-state index contributed by atoms with van der Waals surface area (Å²) >= 11 is 1.37. The number of hydrogen-bond donors (Lipinski definition) is 0. The number of aromatic nitrogens is 4. The molecular formula is C20H24N4O4S. The molecule has 0 aliphatic rings. The zero-order valence-corrected chi connectivity index (χ0v) is 17.8. The third-order valence-corrected chi connectivity index (χ3v) is 5.60. The molecule has 154 valence electrons. The van der Waals surface area contributed by atoms with Gasteiger partial charge < -0.3 is 9.30 Å². The first-order chi connectivity index (χ1) is 13.8. The molecule has 0 aliphatic heterocycles. The van der Waals surface area contributed by atoms with E-state index in [0.29, 0.717) is 35.2 Å². The minimum Gasteiger partial charge on any atom is -0.466 e. The van der Waals surface area contributed by atoms with Gasteiger partial charge in [0.05, 0.1) is 19.6 Å². The fourth-order valence-corrected chi connectivity index (χ4v) is 3.93. The van der Waals surface area contributed by atoms with E-state index in [1.54, 1.807) is 14.0 Å². The van der Waals surface area contributed by atoms with Crippen LogP contribution in [0.1, 0.15) is 24.5 Å². The van der Waals surface area contributed by atoms with Crippen molar-refractivity contribution < 1.29 is 9.53 Å². The van der Waals surface area contributed by atoms with Crippen molar-refractivity contribution in [1.29, 1.82) is 0 Å². The van der Waals surface area contributed by atoms with E-state index in [2.05, 4.69) is 4.98 Å². The Hall–Kier alpha value is -2.81. The number of carbonyl (C=O) groups excluding carboxylic acids is 1. The normalized spacial score (nSPS) is 11.2. The highest BCUT2D eigenvalue weighted by molar-refractivity contribution is 7.99. The van der Waals surface area contributed by atoms with Gasteiger partial charge in [0, 0.05) is 19.8 Å². The van der Waals surface area contributed by atoms with Crippen molar-refractivity contribution in [1.82, 2.24) is 18.7 Å². The van der Waals surface area contributed by atoms with E-state index in [-0.39, 0.29) is 17.9 Å². The van der Waals surface area contributed by atoms with Crippen molar-refractivity contribution in [3.05, 3.63) is 56.2 Å². The molecule has 0 fully saturated rings. The van der Waals surface area contributed by atoms with Crippen molar-refractivity contribution in [3.8, 4) is 0 Å². The van der Waals surface area contributed by atoms with Crippen molar-refractivity contribution in [2.75, 3.05) is 12.4 Å². The molecule has 0 N–H and O–H groups in total. The fraction of sp³-hybridized carbons (Fsp3) is 0.400.